The molecule has 38 heavy (non-hydrogen) atoms. The second-order valence-corrected chi connectivity index (χ2v) is 11.7. The number of hydrogen-bond donors (Lipinski definition) is 0. The minimum atomic E-state index is -0.109. The second-order valence-electron chi connectivity index (χ2n) is 10.7. The summed E-state index contributed by atoms with van der Waals surface area (Å²) in [5, 5.41) is 4.31. The molecule has 0 spiro atoms. The molecule has 6 rings (SSSR count). The molecule has 0 saturated heterocycles. The van der Waals surface area contributed by atoms with Crippen molar-refractivity contribution >= 4 is 33.9 Å². The number of nitrogens with zero attached hydrogens (tertiary/aromatic N) is 2. The third-order valence-corrected chi connectivity index (χ3v) is 9.34. The van der Waals surface area contributed by atoms with Gasteiger partial charge in [-0.1, -0.05) is 73.9 Å². The molecule has 1 aromatic heterocycles. The van der Waals surface area contributed by atoms with Crippen molar-refractivity contribution < 1.29 is 9.59 Å². The summed E-state index contributed by atoms with van der Waals surface area (Å²) in [5.74, 6) is 0.00601. The Kier molecular flexibility index (Phi) is 7.03. The zero-order chi connectivity index (χ0) is 26.1. The number of fused-ring (bicyclic) bond motifs is 2. The van der Waals surface area contributed by atoms with Gasteiger partial charge < -0.3 is 9.80 Å². The molecule has 1 fully saturated rings. The normalized spacial score (nSPS) is 17.8. The van der Waals surface area contributed by atoms with E-state index in [1.54, 1.807) is 11.3 Å². The van der Waals surface area contributed by atoms with E-state index in [2.05, 4.69) is 48.7 Å². The molecular formula is C33H34N2O2S. The largest absolute Gasteiger partial charge is 0.330 e. The van der Waals surface area contributed by atoms with Gasteiger partial charge in [-0.3, -0.25) is 9.59 Å². The number of hydrogen-bond acceptors (Lipinski definition) is 3. The summed E-state index contributed by atoms with van der Waals surface area (Å²) in [4.78, 5) is 33.5. The van der Waals surface area contributed by atoms with Crippen LogP contribution in [0.3, 0.4) is 0 Å². The summed E-state index contributed by atoms with van der Waals surface area (Å²) < 4.78 is 0. The van der Waals surface area contributed by atoms with Crippen LogP contribution in [-0.2, 0) is 11.2 Å². The fourth-order valence-electron chi connectivity index (χ4n) is 6.30. The van der Waals surface area contributed by atoms with Crippen molar-refractivity contribution in [2.75, 3.05) is 13.1 Å². The smallest absolute Gasteiger partial charge is 0.254 e. The molecule has 2 heterocycles. The number of benzene rings is 3. The molecule has 5 heteroatoms. The summed E-state index contributed by atoms with van der Waals surface area (Å²) in [7, 11) is 0. The summed E-state index contributed by atoms with van der Waals surface area (Å²) in [6, 6.07) is 24.6. The maximum Gasteiger partial charge on any atom is 0.254 e. The lowest BCUT2D eigenvalue weighted by atomic mass is 9.90. The van der Waals surface area contributed by atoms with Crippen LogP contribution in [0.5, 0.6) is 0 Å². The van der Waals surface area contributed by atoms with E-state index in [0.29, 0.717) is 12.1 Å². The molecule has 1 aliphatic heterocycles. The Labute approximate surface area is 228 Å². The molecule has 0 radical (unpaired) electrons. The van der Waals surface area contributed by atoms with Crippen molar-refractivity contribution in [3.63, 3.8) is 0 Å². The van der Waals surface area contributed by atoms with E-state index in [0.717, 1.165) is 42.9 Å². The number of amides is 2. The van der Waals surface area contributed by atoms with Crippen molar-refractivity contribution in [2.24, 2.45) is 0 Å². The zero-order valence-electron chi connectivity index (χ0n) is 21.9. The Hall–Kier alpha value is -3.44. The molecule has 2 aliphatic rings. The molecule has 1 aliphatic carbocycles. The topological polar surface area (TPSA) is 40.6 Å². The van der Waals surface area contributed by atoms with Crippen LogP contribution >= 0.6 is 11.3 Å². The van der Waals surface area contributed by atoms with Crippen LogP contribution in [0.1, 0.15) is 70.1 Å². The first-order valence-corrected chi connectivity index (χ1v) is 14.7. The highest BCUT2D eigenvalue weighted by molar-refractivity contribution is 7.10. The van der Waals surface area contributed by atoms with E-state index in [9.17, 15) is 9.59 Å². The van der Waals surface area contributed by atoms with E-state index >= 15 is 0 Å². The van der Waals surface area contributed by atoms with Gasteiger partial charge in [0.25, 0.3) is 5.91 Å². The van der Waals surface area contributed by atoms with E-state index in [1.165, 1.54) is 28.0 Å². The van der Waals surface area contributed by atoms with Crippen molar-refractivity contribution in [1.82, 2.24) is 9.80 Å². The lowest BCUT2D eigenvalue weighted by Gasteiger charge is -2.40. The Morgan fingerprint density at radius 2 is 1.66 bits per heavy atom. The molecule has 1 saturated carbocycles. The van der Waals surface area contributed by atoms with Gasteiger partial charge in [0.15, 0.2) is 0 Å². The molecular weight excluding hydrogens is 488 g/mol. The van der Waals surface area contributed by atoms with Gasteiger partial charge >= 0.3 is 0 Å². The number of rotatable bonds is 5. The Balaban J connectivity index is 1.33. The average molecular weight is 523 g/mol. The fraction of sp³-hybridized carbons (Fsp3) is 0.333. The minimum Gasteiger partial charge on any atom is -0.330 e. The van der Waals surface area contributed by atoms with Crippen LogP contribution in [0.4, 0.5) is 0 Å². The SMILES string of the molecule is Cc1ccccc1C1c2ccsc2CCN1C(=O)CN(C(=O)c1ccc2ccccc2c1)C1CCCCC1. The molecule has 1 atom stereocenters. The number of carbonyl (C=O) groups is 2. The van der Waals surface area contributed by atoms with Crippen LogP contribution in [0.15, 0.2) is 78.2 Å². The lowest BCUT2D eigenvalue weighted by molar-refractivity contribution is -0.134. The minimum absolute atomic E-state index is 0.0309. The van der Waals surface area contributed by atoms with Crippen molar-refractivity contribution in [3.05, 3.63) is 105 Å². The lowest BCUT2D eigenvalue weighted by Crippen LogP contribution is -2.50. The summed E-state index contributed by atoms with van der Waals surface area (Å²) in [5.41, 5.74) is 4.25. The van der Waals surface area contributed by atoms with E-state index in [4.69, 9.17) is 0 Å². The fourth-order valence-corrected chi connectivity index (χ4v) is 7.20. The quantitative estimate of drug-likeness (QED) is 0.279. The molecule has 0 bridgehead atoms. The maximum absolute atomic E-state index is 14.2. The number of aryl methyl sites for hydroxylation is 1. The molecule has 0 N–H and O–H groups in total. The number of carbonyl (C=O) groups excluding carboxylic acids is 2. The van der Waals surface area contributed by atoms with Gasteiger partial charge in [0.05, 0.1) is 6.04 Å². The second kappa shape index (κ2) is 10.7. The monoisotopic (exact) mass is 522 g/mol. The third kappa shape index (κ3) is 4.76. The van der Waals surface area contributed by atoms with Crippen molar-refractivity contribution in [1.29, 1.82) is 0 Å². The summed E-state index contributed by atoms with van der Waals surface area (Å²) in [6.07, 6.45) is 6.20. The molecule has 1 unspecified atom stereocenters. The van der Waals surface area contributed by atoms with Gasteiger partial charge in [0.1, 0.15) is 6.54 Å². The molecule has 4 aromatic rings. The standard InChI is InChI=1S/C33H34N2O2S/c1-23-9-5-8-14-28(23)32-29-18-20-38-30(29)17-19-34(32)31(36)22-35(27-12-3-2-4-13-27)33(37)26-16-15-24-10-6-7-11-25(24)21-26/h5-11,14-16,18,20-21,27,32H,2-4,12-13,17,19,22H2,1H3. The third-order valence-electron chi connectivity index (χ3n) is 8.35. The van der Waals surface area contributed by atoms with E-state index < -0.39 is 0 Å². The van der Waals surface area contributed by atoms with Gasteiger partial charge in [-0.05, 0) is 77.2 Å². The zero-order valence-corrected chi connectivity index (χ0v) is 22.8. The van der Waals surface area contributed by atoms with Crippen LogP contribution in [0.2, 0.25) is 0 Å². The van der Waals surface area contributed by atoms with Crippen molar-refractivity contribution in [2.45, 2.75) is 57.5 Å². The molecule has 3 aromatic carbocycles. The van der Waals surface area contributed by atoms with Gasteiger partial charge in [-0.2, -0.15) is 0 Å². The average Bonchev–Trinajstić information content (AvgIpc) is 3.45. The maximum atomic E-state index is 14.2. The number of thiophene rings is 1. The Bertz CT molecular complexity index is 1470. The highest BCUT2D eigenvalue weighted by atomic mass is 32.1. The first kappa shape index (κ1) is 24.9. The predicted octanol–water partition coefficient (Wildman–Crippen LogP) is 7.16. The van der Waals surface area contributed by atoms with Crippen LogP contribution in [0, 0.1) is 6.92 Å². The van der Waals surface area contributed by atoms with Crippen LogP contribution < -0.4 is 0 Å². The molecule has 2 amide bonds. The highest BCUT2D eigenvalue weighted by Gasteiger charge is 2.36. The highest BCUT2D eigenvalue weighted by Crippen LogP contribution is 2.39. The van der Waals surface area contributed by atoms with Gasteiger partial charge in [-0.15, -0.1) is 11.3 Å². The molecule has 4 nitrogen and oxygen atoms in total. The Morgan fingerprint density at radius 1 is 0.895 bits per heavy atom. The first-order valence-electron chi connectivity index (χ1n) is 13.8. The predicted molar refractivity (Wildman–Crippen MR) is 155 cm³/mol. The summed E-state index contributed by atoms with van der Waals surface area (Å²) >= 11 is 1.78. The van der Waals surface area contributed by atoms with Crippen molar-refractivity contribution in [3.8, 4) is 0 Å². The Morgan fingerprint density at radius 3 is 2.47 bits per heavy atom. The first-order chi connectivity index (χ1) is 18.6. The van der Waals surface area contributed by atoms with E-state index in [1.807, 2.05) is 46.2 Å². The van der Waals surface area contributed by atoms with Crippen LogP contribution in [-0.4, -0.2) is 40.7 Å². The van der Waals surface area contributed by atoms with Gasteiger partial charge in [-0.25, -0.2) is 0 Å². The van der Waals surface area contributed by atoms with Gasteiger partial charge in [0.2, 0.25) is 5.91 Å². The van der Waals surface area contributed by atoms with E-state index in [-0.39, 0.29) is 30.4 Å². The summed E-state index contributed by atoms with van der Waals surface area (Å²) in [6.45, 7) is 2.92. The van der Waals surface area contributed by atoms with Gasteiger partial charge in [0, 0.05) is 23.0 Å². The van der Waals surface area contributed by atoms with Crippen LogP contribution in [0.25, 0.3) is 10.8 Å². The molecule has 194 valence electrons.